The summed E-state index contributed by atoms with van der Waals surface area (Å²) in [6, 6.07) is 6.81. The topological polar surface area (TPSA) is 84.7 Å². The summed E-state index contributed by atoms with van der Waals surface area (Å²) in [7, 11) is 3.87. The molecule has 0 bridgehead atoms. The standard InChI is InChI=1S/C22H32N4O4/c1-6-25-21(23-18-11-9-8-10-17(18)22(25)29)16(3)26(15-14-24(4)5)19(27)12-13-20(28)30-7-2/h8-11,16H,6-7,12-15H2,1-5H3. The largest absolute Gasteiger partial charge is 0.466 e. The summed E-state index contributed by atoms with van der Waals surface area (Å²) in [5.74, 6) is -0.00716. The zero-order valence-electron chi connectivity index (χ0n) is 18.6. The van der Waals surface area contributed by atoms with Gasteiger partial charge in [-0.15, -0.1) is 0 Å². The molecule has 0 aliphatic heterocycles. The maximum Gasteiger partial charge on any atom is 0.306 e. The Kier molecular flexibility index (Phi) is 8.53. The van der Waals surface area contributed by atoms with E-state index in [0.717, 1.165) is 0 Å². The van der Waals surface area contributed by atoms with Gasteiger partial charge in [0.1, 0.15) is 5.82 Å². The maximum atomic E-state index is 13.0. The first-order chi connectivity index (χ1) is 14.3. The zero-order chi connectivity index (χ0) is 22.3. The molecule has 0 saturated heterocycles. The number of carbonyl (C=O) groups is 2. The number of hydrogen-bond acceptors (Lipinski definition) is 6. The lowest BCUT2D eigenvalue weighted by atomic mass is 10.1. The fourth-order valence-electron chi connectivity index (χ4n) is 3.38. The van der Waals surface area contributed by atoms with Crippen LogP contribution in [-0.4, -0.2) is 65.0 Å². The van der Waals surface area contributed by atoms with Crippen LogP contribution < -0.4 is 5.56 Å². The Hall–Kier alpha value is -2.74. The van der Waals surface area contributed by atoms with Gasteiger partial charge in [-0.25, -0.2) is 4.98 Å². The van der Waals surface area contributed by atoms with Crippen molar-refractivity contribution >= 4 is 22.8 Å². The number of benzene rings is 1. The Morgan fingerprint density at radius 3 is 2.47 bits per heavy atom. The van der Waals surface area contributed by atoms with Crippen LogP contribution in [-0.2, 0) is 20.9 Å². The second-order valence-electron chi connectivity index (χ2n) is 7.41. The average Bonchev–Trinajstić information content (AvgIpc) is 2.72. The van der Waals surface area contributed by atoms with Gasteiger partial charge in [0.2, 0.25) is 5.91 Å². The average molecular weight is 417 g/mol. The summed E-state index contributed by atoms with van der Waals surface area (Å²) < 4.78 is 6.56. The Bertz CT molecular complexity index is 938. The number of ether oxygens (including phenoxy) is 1. The molecule has 1 aromatic carbocycles. The number of esters is 1. The van der Waals surface area contributed by atoms with E-state index in [1.54, 1.807) is 28.5 Å². The number of nitrogens with zero attached hydrogens (tertiary/aromatic N) is 4. The highest BCUT2D eigenvalue weighted by molar-refractivity contribution is 5.82. The van der Waals surface area contributed by atoms with Crippen molar-refractivity contribution in [1.82, 2.24) is 19.4 Å². The van der Waals surface area contributed by atoms with Gasteiger partial charge >= 0.3 is 5.97 Å². The Morgan fingerprint density at radius 1 is 1.13 bits per heavy atom. The van der Waals surface area contributed by atoms with E-state index >= 15 is 0 Å². The van der Waals surface area contributed by atoms with Gasteiger partial charge < -0.3 is 14.5 Å². The number of hydrogen-bond donors (Lipinski definition) is 0. The van der Waals surface area contributed by atoms with E-state index < -0.39 is 6.04 Å². The van der Waals surface area contributed by atoms with E-state index in [-0.39, 0.29) is 36.9 Å². The van der Waals surface area contributed by atoms with Crippen molar-refractivity contribution in [1.29, 1.82) is 0 Å². The molecule has 1 heterocycles. The minimum absolute atomic E-state index is 0.0313. The number of carbonyl (C=O) groups excluding carboxylic acids is 2. The summed E-state index contributed by atoms with van der Waals surface area (Å²) in [5, 5.41) is 0.559. The lowest BCUT2D eigenvalue weighted by Crippen LogP contribution is -2.41. The molecular weight excluding hydrogens is 384 g/mol. The molecule has 164 valence electrons. The summed E-state index contributed by atoms with van der Waals surface area (Å²) in [6.07, 6.45) is 0.0874. The van der Waals surface area contributed by atoms with E-state index in [1.165, 1.54) is 0 Å². The molecule has 0 spiro atoms. The molecule has 0 N–H and O–H groups in total. The molecule has 8 heteroatoms. The molecule has 8 nitrogen and oxygen atoms in total. The molecule has 1 amide bonds. The van der Waals surface area contributed by atoms with Crippen LogP contribution in [0.1, 0.15) is 45.5 Å². The van der Waals surface area contributed by atoms with Crippen molar-refractivity contribution < 1.29 is 14.3 Å². The maximum absolute atomic E-state index is 13.0. The van der Waals surface area contributed by atoms with Gasteiger partial charge in [-0.2, -0.15) is 0 Å². The first-order valence-corrected chi connectivity index (χ1v) is 10.4. The van der Waals surface area contributed by atoms with Crippen molar-refractivity contribution in [2.24, 2.45) is 0 Å². The molecule has 1 aromatic heterocycles. The first kappa shape index (κ1) is 23.5. The van der Waals surface area contributed by atoms with Gasteiger partial charge in [-0.1, -0.05) is 12.1 Å². The van der Waals surface area contributed by atoms with Crippen LogP contribution in [0, 0.1) is 0 Å². The van der Waals surface area contributed by atoms with Crippen LogP contribution in [0.4, 0.5) is 0 Å². The summed E-state index contributed by atoms with van der Waals surface area (Å²) in [6.45, 7) is 7.36. The van der Waals surface area contributed by atoms with Gasteiger partial charge in [0, 0.05) is 26.1 Å². The lowest BCUT2D eigenvalue weighted by Gasteiger charge is -2.31. The van der Waals surface area contributed by atoms with Crippen LogP contribution in [0.5, 0.6) is 0 Å². The van der Waals surface area contributed by atoms with Gasteiger partial charge in [0.05, 0.1) is 30.0 Å². The third-order valence-corrected chi connectivity index (χ3v) is 5.01. The van der Waals surface area contributed by atoms with Crippen molar-refractivity contribution in [3.63, 3.8) is 0 Å². The number of fused-ring (bicyclic) bond motifs is 1. The van der Waals surface area contributed by atoms with E-state index in [2.05, 4.69) is 0 Å². The predicted molar refractivity (Wildman–Crippen MR) is 116 cm³/mol. The molecule has 1 unspecified atom stereocenters. The third kappa shape index (κ3) is 5.66. The molecule has 0 saturated carbocycles. The molecule has 0 fully saturated rings. The van der Waals surface area contributed by atoms with Crippen LogP contribution in [0.15, 0.2) is 29.1 Å². The number of likely N-dealkylation sites (N-methyl/N-ethyl adjacent to an activating group) is 1. The molecule has 1 atom stereocenters. The van der Waals surface area contributed by atoms with Gasteiger partial charge in [0.25, 0.3) is 5.56 Å². The van der Waals surface area contributed by atoms with E-state index in [4.69, 9.17) is 9.72 Å². The van der Waals surface area contributed by atoms with Crippen LogP contribution >= 0.6 is 0 Å². The number of rotatable bonds is 10. The SMILES string of the molecule is CCOC(=O)CCC(=O)N(CCN(C)C)C(C)c1nc2ccccc2c(=O)n1CC. The number of aromatic nitrogens is 2. The smallest absolute Gasteiger partial charge is 0.306 e. The normalized spacial score (nSPS) is 12.2. The number of para-hydroxylation sites is 1. The minimum Gasteiger partial charge on any atom is -0.466 e. The van der Waals surface area contributed by atoms with E-state index in [0.29, 0.717) is 36.4 Å². The Labute approximate surface area is 177 Å². The highest BCUT2D eigenvalue weighted by atomic mass is 16.5. The quantitative estimate of drug-likeness (QED) is 0.552. The van der Waals surface area contributed by atoms with Crippen LogP contribution in [0.3, 0.4) is 0 Å². The van der Waals surface area contributed by atoms with Crippen molar-refractivity contribution in [3.05, 3.63) is 40.4 Å². The molecular formula is C22H32N4O4. The molecule has 2 rings (SSSR count). The van der Waals surface area contributed by atoms with Gasteiger partial charge in [0.15, 0.2) is 0 Å². The molecule has 0 radical (unpaired) electrons. The van der Waals surface area contributed by atoms with Crippen molar-refractivity contribution in [3.8, 4) is 0 Å². The van der Waals surface area contributed by atoms with Crippen molar-refractivity contribution in [2.45, 2.75) is 46.2 Å². The molecule has 30 heavy (non-hydrogen) atoms. The highest BCUT2D eigenvalue weighted by Gasteiger charge is 2.26. The third-order valence-electron chi connectivity index (χ3n) is 5.01. The number of amides is 1. The zero-order valence-corrected chi connectivity index (χ0v) is 18.6. The summed E-state index contributed by atoms with van der Waals surface area (Å²) in [4.78, 5) is 46.1. The fourth-order valence-corrected chi connectivity index (χ4v) is 3.38. The molecule has 2 aromatic rings. The van der Waals surface area contributed by atoms with Crippen LogP contribution in [0.25, 0.3) is 10.9 Å². The minimum atomic E-state index is -0.420. The predicted octanol–water partition coefficient (Wildman–Crippen LogP) is 2.21. The van der Waals surface area contributed by atoms with Crippen molar-refractivity contribution in [2.75, 3.05) is 33.8 Å². The summed E-state index contributed by atoms with van der Waals surface area (Å²) >= 11 is 0. The Morgan fingerprint density at radius 2 is 1.83 bits per heavy atom. The second-order valence-corrected chi connectivity index (χ2v) is 7.41. The van der Waals surface area contributed by atoms with Gasteiger partial charge in [-0.3, -0.25) is 19.0 Å². The second kappa shape index (κ2) is 10.9. The van der Waals surface area contributed by atoms with Gasteiger partial charge in [-0.05, 0) is 47.0 Å². The summed E-state index contributed by atoms with van der Waals surface area (Å²) in [5.41, 5.74) is 0.497. The Balaban J connectivity index is 2.39. The van der Waals surface area contributed by atoms with Crippen LogP contribution in [0.2, 0.25) is 0 Å². The monoisotopic (exact) mass is 416 g/mol. The first-order valence-electron chi connectivity index (χ1n) is 10.4. The van der Waals surface area contributed by atoms with E-state index in [9.17, 15) is 14.4 Å². The lowest BCUT2D eigenvalue weighted by molar-refractivity contribution is -0.146. The molecule has 0 aliphatic rings. The fraction of sp³-hybridized carbons (Fsp3) is 0.545. The van der Waals surface area contributed by atoms with E-state index in [1.807, 2.05) is 45.0 Å². The highest BCUT2D eigenvalue weighted by Crippen LogP contribution is 2.21. The molecule has 0 aliphatic carbocycles.